The average Bonchev–Trinajstić information content (AvgIpc) is 2.45. The van der Waals surface area contributed by atoms with Crippen LogP contribution in [0.1, 0.15) is 18.9 Å². The topological polar surface area (TPSA) is 111 Å². The van der Waals surface area contributed by atoms with E-state index in [0.29, 0.717) is 23.6 Å². The van der Waals surface area contributed by atoms with Gasteiger partial charge in [-0.25, -0.2) is 4.98 Å². The summed E-state index contributed by atoms with van der Waals surface area (Å²) in [6, 6.07) is 5.79. The van der Waals surface area contributed by atoms with Crippen LogP contribution < -0.4 is 16.2 Å². The molecule has 8 heteroatoms. The largest absolute Gasteiger partial charge is 0.492 e. The Morgan fingerprint density at radius 1 is 1.36 bits per heavy atom. The minimum atomic E-state index is 0.0166. The molecule has 1 aromatic heterocycles. The van der Waals surface area contributed by atoms with Gasteiger partial charge in [0.15, 0.2) is 0 Å². The van der Waals surface area contributed by atoms with Crippen LogP contribution in [0.3, 0.4) is 0 Å². The van der Waals surface area contributed by atoms with Crippen LogP contribution in [0.15, 0.2) is 16.6 Å². The Morgan fingerprint density at radius 2 is 2.09 bits per heavy atom. The zero-order valence-corrected chi connectivity index (χ0v) is 15.5. The highest BCUT2D eigenvalue weighted by atomic mass is 127. The lowest BCUT2D eigenvalue weighted by atomic mass is 10.1. The third-order valence-electron chi connectivity index (χ3n) is 2.78. The molecule has 1 heterocycles. The first-order valence-electron chi connectivity index (χ1n) is 6.43. The molecule has 0 atom stereocenters. The predicted octanol–water partition coefficient (Wildman–Crippen LogP) is 3.34. The van der Waals surface area contributed by atoms with Crippen molar-refractivity contribution in [2.24, 2.45) is 0 Å². The third-order valence-corrected chi connectivity index (χ3v) is 4.04. The lowest BCUT2D eigenvalue weighted by molar-refractivity contribution is 0.316. The number of hydrogen-bond acceptors (Lipinski definition) is 6. The second-order valence-electron chi connectivity index (χ2n) is 4.42. The fourth-order valence-electron chi connectivity index (χ4n) is 1.89. The number of nitriles is 1. The second-order valence-corrected chi connectivity index (χ2v) is 6.49. The Morgan fingerprint density at radius 3 is 2.73 bits per heavy atom. The van der Waals surface area contributed by atoms with Crippen LogP contribution in [0.4, 0.5) is 11.8 Å². The van der Waals surface area contributed by atoms with Gasteiger partial charge in [0.25, 0.3) is 0 Å². The molecular weight excluding hydrogens is 461 g/mol. The fraction of sp³-hybridized carbons (Fsp3) is 0.214. The highest BCUT2D eigenvalue weighted by molar-refractivity contribution is 14.1. The van der Waals surface area contributed by atoms with Crippen molar-refractivity contribution in [2.45, 2.75) is 13.3 Å². The molecule has 2 rings (SSSR count). The minimum absolute atomic E-state index is 0.0166. The first-order valence-corrected chi connectivity index (χ1v) is 8.30. The smallest absolute Gasteiger partial charge is 0.222 e. The number of halogens is 2. The van der Waals surface area contributed by atoms with E-state index < -0.39 is 0 Å². The number of benzene rings is 1. The normalized spacial score (nSPS) is 10.3. The minimum Gasteiger partial charge on any atom is -0.492 e. The van der Waals surface area contributed by atoms with Crippen LogP contribution in [0.5, 0.6) is 5.75 Å². The van der Waals surface area contributed by atoms with E-state index in [1.807, 2.05) is 25.1 Å². The first kappa shape index (κ1) is 16.8. The Bertz CT molecular complexity index is 760. The van der Waals surface area contributed by atoms with Crippen molar-refractivity contribution < 1.29 is 4.74 Å². The molecule has 4 N–H and O–H groups in total. The number of nitrogens with zero attached hydrogens (tertiary/aromatic N) is 3. The van der Waals surface area contributed by atoms with E-state index in [1.54, 1.807) is 0 Å². The van der Waals surface area contributed by atoms with Crippen LogP contribution in [0.2, 0.25) is 0 Å². The van der Waals surface area contributed by atoms with Crippen molar-refractivity contribution >= 4 is 50.3 Å². The third kappa shape index (κ3) is 3.41. The van der Waals surface area contributed by atoms with E-state index in [4.69, 9.17) is 16.2 Å². The van der Waals surface area contributed by atoms with E-state index in [0.717, 1.165) is 14.5 Å². The molecule has 0 radical (unpaired) electrons. The van der Waals surface area contributed by atoms with Crippen molar-refractivity contribution in [3.63, 3.8) is 0 Å². The lowest BCUT2D eigenvalue weighted by Crippen LogP contribution is -2.07. The van der Waals surface area contributed by atoms with Gasteiger partial charge in [-0.05, 0) is 41.1 Å². The molecule has 0 saturated carbocycles. The summed E-state index contributed by atoms with van der Waals surface area (Å²) in [5.41, 5.74) is 12.7. The number of anilines is 2. The molecule has 22 heavy (non-hydrogen) atoms. The van der Waals surface area contributed by atoms with Crippen molar-refractivity contribution in [1.29, 1.82) is 5.26 Å². The molecule has 0 fully saturated rings. The molecule has 114 valence electrons. The van der Waals surface area contributed by atoms with Gasteiger partial charge in [-0.2, -0.15) is 10.2 Å². The molecular formula is C14H13BrIN5O. The Kier molecular flexibility index (Phi) is 5.42. The molecule has 0 aliphatic heterocycles. The van der Waals surface area contributed by atoms with Gasteiger partial charge >= 0.3 is 0 Å². The SMILES string of the molecule is CCCOc1c(I)cc(Br)cc1-c1nc(N)nc(N)c1C#N. The van der Waals surface area contributed by atoms with Crippen LogP contribution in [-0.4, -0.2) is 16.6 Å². The van der Waals surface area contributed by atoms with Crippen molar-refractivity contribution in [2.75, 3.05) is 18.1 Å². The van der Waals surface area contributed by atoms with E-state index in [-0.39, 0.29) is 17.3 Å². The number of ether oxygens (including phenoxy) is 1. The number of aromatic nitrogens is 2. The molecule has 0 aliphatic rings. The van der Waals surface area contributed by atoms with E-state index >= 15 is 0 Å². The highest BCUT2D eigenvalue weighted by Crippen LogP contribution is 2.38. The van der Waals surface area contributed by atoms with Crippen molar-refractivity contribution in [3.05, 3.63) is 25.7 Å². The van der Waals surface area contributed by atoms with Crippen molar-refractivity contribution in [3.8, 4) is 23.1 Å². The summed E-state index contributed by atoms with van der Waals surface area (Å²) in [5, 5.41) is 9.35. The van der Waals surface area contributed by atoms with Crippen molar-refractivity contribution in [1.82, 2.24) is 9.97 Å². The summed E-state index contributed by atoms with van der Waals surface area (Å²) >= 11 is 5.62. The Labute approximate surface area is 150 Å². The molecule has 0 saturated heterocycles. The van der Waals surface area contributed by atoms with Crippen LogP contribution >= 0.6 is 38.5 Å². The summed E-state index contributed by atoms with van der Waals surface area (Å²) < 4.78 is 7.57. The molecule has 0 unspecified atom stereocenters. The lowest BCUT2D eigenvalue weighted by Gasteiger charge is -2.15. The molecule has 6 nitrogen and oxygen atoms in total. The van der Waals surface area contributed by atoms with E-state index in [2.05, 4.69) is 48.5 Å². The van der Waals surface area contributed by atoms with Gasteiger partial charge < -0.3 is 16.2 Å². The number of nitrogens with two attached hydrogens (primary N) is 2. The van der Waals surface area contributed by atoms with Gasteiger partial charge in [0.05, 0.1) is 15.9 Å². The summed E-state index contributed by atoms with van der Waals surface area (Å²) in [6.07, 6.45) is 0.866. The second kappa shape index (κ2) is 7.11. The van der Waals surface area contributed by atoms with Gasteiger partial charge in [-0.3, -0.25) is 0 Å². The Balaban J connectivity index is 2.74. The summed E-state index contributed by atoms with van der Waals surface area (Å²) in [7, 11) is 0. The predicted molar refractivity (Wildman–Crippen MR) is 97.2 cm³/mol. The van der Waals surface area contributed by atoms with Crippen LogP contribution in [-0.2, 0) is 0 Å². The highest BCUT2D eigenvalue weighted by Gasteiger charge is 2.19. The first-order chi connectivity index (χ1) is 10.5. The Hall–Kier alpha value is -1.60. The van der Waals surface area contributed by atoms with E-state index in [9.17, 15) is 5.26 Å². The maximum absolute atomic E-state index is 9.35. The fourth-order valence-corrected chi connectivity index (χ4v) is 3.56. The van der Waals surface area contributed by atoms with Gasteiger partial charge in [-0.1, -0.05) is 22.9 Å². The monoisotopic (exact) mass is 473 g/mol. The summed E-state index contributed by atoms with van der Waals surface area (Å²) in [4.78, 5) is 8.02. The zero-order chi connectivity index (χ0) is 16.3. The molecule has 0 amide bonds. The van der Waals surface area contributed by atoms with Crippen LogP contribution in [0.25, 0.3) is 11.3 Å². The maximum atomic E-state index is 9.35. The van der Waals surface area contributed by atoms with E-state index in [1.165, 1.54) is 0 Å². The molecule has 0 aliphatic carbocycles. The maximum Gasteiger partial charge on any atom is 0.222 e. The van der Waals surface area contributed by atoms with Gasteiger partial charge in [-0.15, -0.1) is 0 Å². The standard InChI is InChI=1S/C14H13BrIN5O/c1-2-3-22-12-8(4-7(15)5-10(12)16)11-9(6-17)13(18)21-14(19)20-11/h4-5H,2-3H2,1H3,(H4,18,19,20,21). The molecule has 1 aromatic carbocycles. The number of nitrogen functional groups attached to an aromatic ring is 2. The summed E-state index contributed by atoms with van der Waals surface area (Å²) in [6.45, 7) is 2.58. The molecule has 2 aromatic rings. The molecule has 0 bridgehead atoms. The van der Waals surface area contributed by atoms with Gasteiger partial charge in [0, 0.05) is 10.0 Å². The zero-order valence-electron chi connectivity index (χ0n) is 11.7. The van der Waals surface area contributed by atoms with Gasteiger partial charge in [0.1, 0.15) is 23.2 Å². The average molecular weight is 474 g/mol. The van der Waals surface area contributed by atoms with Gasteiger partial charge in [0.2, 0.25) is 5.95 Å². The number of rotatable bonds is 4. The van der Waals surface area contributed by atoms with Crippen LogP contribution in [0, 0.1) is 14.9 Å². The quantitative estimate of drug-likeness (QED) is 0.659. The summed E-state index contributed by atoms with van der Waals surface area (Å²) in [5.74, 6) is 0.726. The molecule has 0 spiro atoms. The number of hydrogen-bond donors (Lipinski definition) is 2.